The molecule has 0 aliphatic carbocycles. The number of hydrogen-bond donors (Lipinski definition) is 2. The van der Waals surface area contributed by atoms with Gasteiger partial charge in [0, 0.05) is 30.5 Å². The zero-order valence-electron chi connectivity index (χ0n) is 12.7. The van der Waals surface area contributed by atoms with Gasteiger partial charge in [-0.3, -0.25) is 19.7 Å². The number of nitro benzene ring substituents is 1. The van der Waals surface area contributed by atoms with E-state index in [-0.39, 0.29) is 17.0 Å². The van der Waals surface area contributed by atoms with E-state index in [9.17, 15) is 28.1 Å². The highest BCUT2D eigenvalue weighted by molar-refractivity contribution is 7.90. The summed E-state index contributed by atoms with van der Waals surface area (Å²) in [6.45, 7) is 2.56. The first kappa shape index (κ1) is 18.6. The molecule has 1 aromatic carbocycles. The predicted molar refractivity (Wildman–Crippen MR) is 80.0 cm³/mol. The maximum absolute atomic E-state index is 12.0. The average Bonchev–Trinajstić information content (AvgIpc) is 2.43. The Bertz CT molecular complexity index is 769. The molecular weight excluding hydrogens is 328 g/mol. The van der Waals surface area contributed by atoms with Gasteiger partial charge in [0.2, 0.25) is 0 Å². The lowest BCUT2D eigenvalue weighted by molar-refractivity contribution is -0.385. The van der Waals surface area contributed by atoms with Crippen molar-refractivity contribution in [2.75, 3.05) is 12.8 Å². The second kappa shape index (κ2) is 6.32. The molecule has 2 N–H and O–H groups in total. The van der Waals surface area contributed by atoms with Gasteiger partial charge < -0.3 is 10.4 Å². The fourth-order valence-electron chi connectivity index (χ4n) is 1.51. The smallest absolute Gasteiger partial charge is 0.310 e. The quantitative estimate of drug-likeness (QED) is 0.574. The van der Waals surface area contributed by atoms with Crippen LogP contribution >= 0.6 is 0 Å². The van der Waals surface area contributed by atoms with E-state index in [4.69, 9.17) is 5.11 Å². The number of carboxylic acid groups (broad SMARTS) is 1. The molecule has 0 aliphatic heterocycles. The number of nitro groups is 1. The van der Waals surface area contributed by atoms with Crippen molar-refractivity contribution in [2.45, 2.75) is 18.7 Å². The minimum absolute atomic E-state index is 0.224. The Balaban J connectivity index is 3.17. The van der Waals surface area contributed by atoms with Gasteiger partial charge in [-0.05, 0) is 19.9 Å². The van der Waals surface area contributed by atoms with E-state index in [1.807, 2.05) is 0 Å². The molecule has 10 heteroatoms. The summed E-state index contributed by atoms with van der Waals surface area (Å²) in [5.41, 5.74) is -2.02. The molecule has 0 aromatic heterocycles. The molecular formula is C13H16N2O7S. The molecule has 0 bridgehead atoms. The lowest BCUT2D eigenvalue weighted by Gasteiger charge is -2.19. The van der Waals surface area contributed by atoms with E-state index >= 15 is 0 Å². The number of carbonyl (C=O) groups excluding carboxylic acids is 1. The van der Waals surface area contributed by atoms with Crippen LogP contribution in [0.1, 0.15) is 24.2 Å². The molecule has 1 rings (SSSR count). The zero-order valence-corrected chi connectivity index (χ0v) is 13.5. The molecule has 0 spiro atoms. The Kier molecular flexibility index (Phi) is 5.10. The van der Waals surface area contributed by atoms with E-state index in [0.717, 1.165) is 24.5 Å². The molecule has 126 valence electrons. The van der Waals surface area contributed by atoms with Crippen LogP contribution in [-0.2, 0) is 14.6 Å². The van der Waals surface area contributed by atoms with Crippen molar-refractivity contribution in [1.82, 2.24) is 5.32 Å². The van der Waals surface area contributed by atoms with Gasteiger partial charge in [0.1, 0.15) is 0 Å². The Labute approximate surface area is 132 Å². The minimum atomic E-state index is -3.75. The summed E-state index contributed by atoms with van der Waals surface area (Å²) in [6.07, 6.45) is 0.862. The molecule has 0 saturated heterocycles. The highest BCUT2D eigenvalue weighted by Gasteiger charge is 2.28. The number of hydrogen-bond acceptors (Lipinski definition) is 6. The van der Waals surface area contributed by atoms with Crippen LogP contribution < -0.4 is 5.32 Å². The normalized spacial score (nSPS) is 11.8. The standard InChI is InChI=1S/C13H16N2O7S/c1-13(2,12(17)18)7-14-11(16)8-4-9(15(19)20)6-10(5-8)23(3,21)22/h4-6H,7H2,1-3H3,(H,14,16)(H,17,18). The molecule has 0 unspecified atom stereocenters. The van der Waals surface area contributed by atoms with Crippen LogP contribution in [0, 0.1) is 15.5 Å². The summed E-state index contributed by atoms with van der Waals surface area (Å²) < 4.78 is 23.1. The number of aliphatic carboxylic acids is 1. The lowest BCUT2D eigenvalue weighted by atomic mass is 9.94. The van der Waals surface area contributed by atoms with E-state index in [1.165, 1.54) is 13.8 Å². The Morgan fingerprint density at radius 3 is 2.30 bits per heavy atom. The predicted octanol–water partition coefficient (Wildman–Crippen LogP) is 0.839. The molecule has 0 aliphatic rings. The molecule has 0 fully saturated rings. The summed E-state index contributed by atoms with van der Waals surface area (Å²) in [7, 11) is -3.75. The van der Waals surface area contributed by atoms with Gasteiger partial charge in [-0.15, -0.1) is 0 Å². The third kappa shape index (κ3) is 4.74. The summed E-state index contributed by atoms with van der Waals surface area (Å²) >= 11 is 0. The summed E-state index contributed by atoms with van der Waals surface area (Å²) in [5.74, 6) is -1.93. The van der Waals surface area contributed by atoms with Crippen molar-refractivity contribution in [3.63, 3.8) is 0 Å². The first-order valence-corrected chi connectivity index (χ1v) is 8.25. The number of nitrogens with one attached hydrogen (secondary N) is 1. The van der Waals surface area contributed by atoms with Crippen molar-refractivity contribution in [1.29, 1.82) is 0 Å². The van der Waals surface area contributed by atoms with Gasteiger partial charge in [0.15, 0.2) is 9.84 Å². The van der Waals surface area contributed by atoms with Gasteiger partial charge in [0.25, 0.3) is 11.6 Å². The zero-order chi connectivity index (χ0) is 18.0. The van der Waals surface area contributed by atoms with Crippen LogP contribution in [-0.4, -0.2) is 43.1 Å². The Morgan fingerprint density at radius 1 is 1.30 bits per heavy atom. The summed E-state index contributed by atoms with van der Waals surface area (Å²) in [4.78, 5) is 32.7. The van der Waals surface area contributed by atoms with Crippen LogP contribution in [0.4, 0.5) is 5.69 Å². The molecule has 0 saturated carbocycles. The van der Waals surface area contributed by atoms with Gasteiger partial charge in [-0.2, -0.15) is 0 Å². The number of nitrogens with zero attached hydrogens (tertiary/aromatic N) is 1. The maximum Gasteiger partial charge on any atom is 0.310 e. The highest BCUT2D eigenvalue weighted by Crippen LogP contribution is 2.21. The maximum atomic E-state index is 12.0. The Morgan fingerprint density at radius 2 is 1.87 bits per heavy atom. The van der Waals surface area contributed by atoms with E-state index in [0.29, 0.717) is 0 Å². The fourth-order valence-corrected chi connectivity index (χ4v) is 2.19. The van der Waals surface area contributed by atoms with E-state index < -0.39 is 37.7 Å². The van der Waals surface area contributed by atoms with Crippen molar-refractivity contribution in [3.8, 4) is 0 Å². The topological polar surface area (TPSA) is 144 Å². The molecule has 0 atom stereocenters. The number of carboxylic acids is 1. The molecule has 0 heterocycles. The van der Waals surface area contributed by atoms with Gasteiger partial charge in [0.05, 0.1) is 15.2 Å². The van der Waals surface area contributed by atoms with Crippen LogP contribution in [0.25, 0.3) is 0 Å². The van der Waals surface area contributed by atoms with Gasteiger partial charge in [-0.25, -0.2) is 8.42 Å². The molecule has 23 heavy (non-hydrogen) atoms. The number of benzene rings is 1. The highest BCUT2D eigenvalue weighted by atomic mass is 32.2. The SMILES string of the molecule is CC(C)(CNC(=O)c1cc([N+](=O)[O-])cc(S(C)(=O)=O)c1)C(=O)O. The monoisotopic (exact) mass is 344 g/mol. The number of carbonyl (C=O) groups is 2. The van der Waals surface area contributed by atoms with Crippen LogP contribution in [0.5, 0.6) is 0 Å². The van der Waals surface area contributed by atoms with Crippen molar-refractivity contribution >= 4 is 27.4 Å². The summed E-state index contributed by atoms with van der Waals surface area (Å²) in [6, 6.07) is 2.79. The number of non-ortho nitro benzene ring substituents is 1. The summed E-state index contributed by atoms with van der Waals surface area (Å²) in [5, 5.41) is 22.2. The number of rotatable bonds is 6. The van der Waals surface area contributed by atoms with Crippen molar-refractivity contribution in [3.05, 3.63) is 33.9 Å². The Hall–Kier alpha value is -2.49. The molecule has 0 radical (unpaired) electrons. The van der Waals surface area contributed by atoms with Crippen LogP contribution in [0.15, 0.2) is 23.1 Å². The third-order valence-electron chi connectivity index (χ3n) is 3.06. The fraction of sp³-hybridized carbons (Fsp3) is 0.385. The van der Waals surface area contributed by atoms with Gasteiger partial charge >= 0.3 is 5.97 Å². The van der Waals surface area contributed by atoms with E-state index in [1.54, 1.807) is 0 Å². The second-order valence-electron chi connectivity index (χ2n) is 5.62. The second-order valence-corrected chi connectivity index (χ2v) is 7.63. The van der Waals surface area contributed by atoms with Gasteiger partial charge in [-0.1, -0.05) is 0 Å². The first-order chi connectivity index (χ1) is 10.3. The largest absolute Gasteiger partial charge is 0.481 e. The third-order valence-corrected chi connectivity index (χ3v) is 4.15. The molecule has 1 amide bonds. The minimum Gasteiger partial charge on any atom is -0.481 e. The molecule has 1 aromatic rings. The average molecular weight is 344 g/mol. The molecule has 9 nitrogen and oxygen atoms in total. The first-order valence-electron chi connectivity index (χ1n) is 6.36. The number of amides is 1. The lowest BCUT2D eigenvalue weighted by Crippen LogP contribution is -2.38. The van der Waals surface area contributed by atoms with Crippen molar-refractivity contribution < 1.29 is 28.0 Å². The van der Waals surface area contributed by atoms with Crippen LogP contribution in [0.2, 0.25) is 0 Å². The number of sulfone groups is 1. The van der Waals surface area contributed by atoms with E-state index in [2.05, 4.69) is 5.32 Å². The van der Waals surface area contributed by atoms with Crippen LogP contribution in [0.3, 0.4) is 0 Å². The van der Waals surface area contributed by atoms with Crippen molar-refractivity contribution in [2.24, 2.45) is 5.41 Å².